The number of fused-ring (bicyclic) bond motifs is 1. The van der Waals surface area contributed by atoms with E-state index in [-0.39, 0.29) is 40.6 Å². The van der Waals surface area contributed by atoms with E-state index in [0.29, 0.717) is 12.0 Å². The van der Waals surface area contributed by atoms with Crippen LogP contribution >= 0.6 is 0 Å². The first-order valence-electron chi connectivity index (χ1n) is 10.4. The van der Waals surface area contributed by atoms with Gasteiger partial charge in [-0.25, -0.2) is 12.8 Å². The number of aryl methyl sites for hydroxylation is 1. The summed E-state index contributed by atoms with van der Waals surface area (Å²) in [5.41, 5.74) is 2.37. The van der Waals surface area contributed by atoms with Crippen LogP contribution in [0.1, 0.15) is 37.3 Å². The van der Waals surface area contributed by atoms with Crippen molar-refractivity contribution < 1.29 is 22.4 Å². The minimum atomic E-state index is -3.68. The van der Waals surface area contributed by atoms with Crippen LogP contribution in [-0.2, 0) is 25.8 Å². The first-order valence-corrected chi connectivity index (χ1v) is 12.1. The summed E-state index contributed by atoms with van der Waals surface area (Å²) in [4.78, 5) is 26.7. The van der Waals surface area contributed by atoms with E-state index in [4.69, 9.17) is 0 Å². The SMILES string of the molecule is Cc1ccc(NC(=O)CCS(=O)(=O)c2ccc3c(c2)CC(C)N3C(=O)C2CC2)cc1F. The molecule has 1 atom stereocenters. The highest BCUT2D eigenvalue weighted by Gasteiger charge is 2.39. The Morgan fingerprint density at radius 1 is 1.16 bits per heavy atom. The van der Waals surface area contributed by atoms with Crippen molar-refractivity contribution in [3.8, 4) is 0 Å². The average molecular weight is 445 g/mol. The molecule has 1 unspecified atom stereocenters. The fourth-order valence-electron chi connectivity index (χ4n) is 3.90. The second kappa shape index (κ2) is 8.07. The van der Waals surface area contributed by atoms with E-state index < -0.39 is 21.6 Å². The van der Waals surface area contributed by atoms with Crippen LogP contribution in [0, 0.1) is 18.7 Å². The predicted molar refractivity (Wildman–Crippen MR) is 116 cm³/mol. The molecule has 1 heterocycles. The molecule has 2 aliphatic rings. The van der Waals surface area contributed by atoms with Gasteiger partial charge in [-0.1, -0.05) is 6.07 Å². The lowest BCUT2D eigenvalue weighted by molar-refractivity contribution is -0.120. The molecule has 164 valence electrons. The first kappa shape index (κ1) is 21.5. The summed E-state index contributed by atoms with van der Waals surface area (Å²) >= 11 is 0. The molecule has 4 rings (SSSR count). The molecular weight excluding hydrogens is 419 g/mol. The lowest BCUT2D eigenvalue weighted by Crippen LogP contribution is -2.36. The average Bonchev–Trinajstić information content (AvgIpc) is 3.51. The summed E-state index contributed by atoms with van der Waals surface area (Å²) in [6, 6.07) is 9.15. The number of halogens is 1. The second-order valence-electron chi connectivity index (χ2n) is 8.41. The number of carbonyl (C=O) groups excluding carboxylic acids is 2. The zero-order valence-corrected chi connectivity index (χ0v) is 18.3. The van der Waals surface area contributed by atoms with Gasteiger partial charge in [0.1, 0.15) is 5.82 Å². The molecule has 0 bridgehead atoms. The highest BCUT2D eigenvalue weighted by molar-refractivity contribution is 7.91. The summed E-state index contributed by atoms with van der Waals surface area (Å²) in [6.45, 7) is 3.58. The van der Waals surface area contributed by atoms with Gasteiger partial charge in [0.15, 0.2) is 9.84 Å². The zero-order chi connectivity index (χ0) is 22.3. The van der Waals surface area contributed by atoms with Gasteiger partial charge >= 0.3 is 0 Å². The van der Waals surface area contributed by atoms with Crippen molar-refractivity contribution in [2.45, 2.75) is 50.5 Å². The smallest absolute Gasteiger partial charge is 0.230 e. The van der Waals surface area contributed by atoms with Crippen molar-refractivity contribution in [3.63, 3.8) is 0 Å². The van der Waals surface area contributed by atoms with Gasteiger partial charge in [0.2, 0.25) is 11.8 Å². The minimum absolute atomic E-state index is 0.00161. The molecule has 2 aromatic rings. The summed E-state index contributed by atoms with van der Waals surface area (Å²) in [5, 5.41) is 2.53. The van der Waals surface area contributed by atoms with E-state index in [2.05, 4.69) is 5.32 Å². The van der Waals surface area contributed by atoms with Crippen LogP contribution in [0.15, 0.2) is 41.3 Å². The number of nitrogens with one attached hydrogen (secondary N) is 1. The van der Waals surface area contributed by atoms with Crippen LogP contribution in [-0.4, -0.2) is 32.0 Å². The molecule has 2 amide bonds. The Bertz CT molecular complexity index is 1160. The Hall–Kier alpha value is -2.74. The lowest BCUT2D eigenvalue weighted by atomic mass is 10.1. The molecule has 2 aromatic carbocycles. The number of carbonyl (C=O) groups is 2. The van der Waals surface area contributed by atoms with Gasteiger partial charge in [-0.3, -0.25) is 9.59 Å². The van der Waals surface area contributed by atoms with Crippen molar-refractivity contribution >= 4 is 33.0 Å². The van der Waals surface area contributed by atoms with Crippen molar-refractivity contribution in [1.82, 2.24) is 0 Å². The van der Waals surface area contributed by atoms with Crippen molar-refractivity contribution in [1.29, 1.82) is 0 Å². The monoisotopic (exact) mass is 444 g/mol. The molecule has 1 fully saturated rings. The molecule has 1 aliphatic carbocycles. The van der Waals surface area contributed by atoms with Crippen LogP contribution in [0.2, 0.25) is 0 Å². The Labute approximate surface area is 181 Å². The molecule has 1 saturated carbocycles. The van der Waals surface area contributed by atoms with Crippen LogP contribution < -0.4 is 10.2 Å². The van der Waals surface area contributed by atoms with Crippen LogP contribution in [0.4, 0.5) is 15.8 Å². The number of hydrogen-bond donors (Lipinski definition) is 1. The third kappa shape index (κ3) is 4.49. The second-order valence-corrected chi connectivity index (χ2v) is 10.5. The Balaban J connectivity index is 1.43. The highest BCUT2D eigenvalue weighted by atomic mass is 32.2. The zero-order valence-electron chi connectivity index (χ0n) is 17.5. The maximum absolute atomic E-state index is 13.6. The fourth-order valence-corrected chi connectivity index (χ4v) is 5.19. The van der Waals surface area contributed by atoms with E-state index in [9.17, 15) is 22.4 Å². The standard InChI is InChI=1S/C23H25FN2O4S/c1-14-3-6-18(13-20(14)24)25-22(27)9-10-31(29,30)19-7-8-21-17(12-19)11-15(2)26(21)23(28)16-4-5-16/h3,6-8,12-13,15-16H,4-5,9-11H2,1-2H3,(H,25,27). The van der Waals surface area contributed by atoms with E-state index in [1.807, 2.05) is 6.92 Å². The summed E-state index contributed by atoms with van der Waals surface area (Å²) in [6.07, 6.45) is 2.20. The molecular formula is C23H25FN2O4S. The molecule has 0 spiro atoms. The molecule has 6 nitrogen and oxygen atoms in total. The van der Waals surface area contributed by atoms with Gasteiger partial charge in [0.05, 0.1) is 10.6 Å². The molecule has 8 heteroatoms. The van der Waals surface area contributed by atoms with Gasteiger partial charge in [-0.2, -0.15) is 0 Å². The van der Waals surface area contributed by atoms with Gasteiger partial charge in [-0.05, 0) is 74.6 Å². The van der Waals surface area contributed by atoms with E-state index in [1.165, 1.54) is 12.1 Å². The fraction of sp³-hybridized carbons (Fsp3) is 0.391. The highest BCUT2D eigenvalue weighted by Crippen LogP contribution is 2.39. The number of anilines is 2. The summed E-state index contributed by atoms with van der Waals surface area (Å²) in [7, 11) is -3.68. The van der Waals surface area contributed by atoms with Crippen molar-refractivity contribution in [2.75, 3.05) is 16.0 Å². The summed E-state index contributed by atoms with van der Waals surface area (Å²) < 4.78 is 39.2. The maximum Gasteiger partial charge on any atom is 0.230 e. The van der Waals surface area contributed by atoms with Crippen LogP contribution in [0.3, 0.4) is 0 Å². The number of hydrogen-bond acceptors (Lipinski definition) is 4. The molecule has 31 heavy (non-hydrogen) atoms. The number of rotatable bonds is 6. The number of benzene rings is 2. The summed E-state index contributed by atoms with van der Waals surface area (Å²) in [5.74, 6) is -1.08. The molecule has 1 N–H and O–H groups in total. The molecule has 0 aromatic heterocycles. The first-order chi connectivity index (χ1) is 14.7. The topological polar surface area (TPSA) is 83.6 Å². The van der Waals surface area contributed by atoms with Gasteiger partial charge in [-0.15, -0.1) is 0 Å². The van der Waals surface area contributed by atoms with Gasteiger partial charge in [0.25, 0.3) is 0 Å². The quantitative estimate of drug-likeness (QED) is 0.738. The third-order valence-corrected chi connectivity index (χ3v) is 7.56. The van der Waals surface area contributed by atoms with Crippen molar-refractivity contribution in [2.24, 2.45) is 5.92 Å². The Morgan fingerprint density at radius 3 is 2.58 bits per heavy atom. The maximum atomic E-state index is 13.6. The molecule has 0 saturated heterocycles. The lowest BCUT2D eigenvalue weighted by Gasteiger charge is -2.22. The van der Waals surface area contributed by atoms with Gasteiger partial charge < -0.3 is 10.2 Å². The Morgan fingerprint density at radius 2 is 1.90 bits per heavy atom. The van der Waals surface area contributed by atoms with Crippen LogP contribution in [0.5, 0.6) is 0 Å². The number of nitrogens with zero attached hydrogens (tertiary/aromatic N) is 1. The molecule has 0 radical (unpaired) electrons. The third-order valence-electron chi connectivity index (χ3n) is 5.84. The molecule has 1 aliphatic heterocycles. The predicted octanol–water partition coefficient (Wildman–Crippen LogP) is 3.62. The number of sulfone groups is 1. The van der Waals surface area contributed by atoms with E-state index in [0.717, 1.165) is 24.1 Å². The Kier molecular flexibility index (Phi) is 5.60. The minimum Gasteiger partial charge on any atom is -0.326 e. The number of amides is 2. The van der Waals surface area contributed by atoms with Crippen molar-refractivity contribution in [3.05, 3.63) is 53.3 Å². The van der Waals surface area contributed by atoms with E-state index in [1.54, 1.807) is 36.1 Å². The van der Waals surface area contributed by atoms with Gasteiger partial charge in [0, 0.05) is 29.8 Å². The van der Waals surface area contributed by atoms with E-state index >= 15 is 0 Å². The van der Waals surface area contributed by atoms with Crippen LogP contribution in [0.25, 0.3) is 0 Å². The normalized spacial score (nSPS) is 18.0. The largest absolute Gasteiger partial charge is 0.326 e.